The molecule has 0 bridgehead atoms. The minimum absolute atomic E-state index is 0.361. The topological polar surface area (TPSA) is 113 Å². The summed E-state index contributed by atoms with van der Waals surface area (Å²) in [4.78, 5) is 23.1. The molecule has 1 rings (SSSR count). The first-order chi connectivity index (χ1) is 9.56. The van der Waals surface area contributed by atoms with E-state index >= 15 is 0 Å². The largest absolute Gasteiger partial charge is 0.467 e. The van der Waals surface area contributed by atoms with Crippen LogP contribution in [0.25, 0.3) is 10.4 Å². The molecule has 0 saturated heterocycles. The summed E-state index contributed by atoms with van der Waals surface area (Å²) in [7, 11) is 1.33. The molecule has 1 N–H and O–H groups in total. The van der Waals surface area contributed by atoms with E-state index in [2.05, 4.69) is 25.3 Å². The van der Waals surface area contributed by atoms with Crippen molar-refractivity contribution in [2.45, 2.75) is 25.8 Å². The third-order valence-corrected chi connectivity index (χ3v) is 2.93. The lowest BCUT2D eigenvalue weighted by atomic mass is 9.95. The van der Waals surface area contributed by atoms with E-state index in [1.807, 2.05) is 0 Å². The number of hydrogen-bond acceptors (Lipinski definition) is 6. The minimum atomic E-state index is -1.08. The molecule has 20 heavy (non-hydrogen) atoms. The Morgan fingerprint density at radius 2 is 2.25 bits per heavy atom. The van der Waals surface area contributed by atoms with Crippen molar-refractivity contribution in [1.29, 1.82) is 0 Å². The fourth-order valence-corrected chi connectivity index (χ4v) is 1.89. The van der Waals surface area contributed by atoms with Crippen LogP contribution >= 0.6 is 0 Å². The number of esters is 1. The van der Waals surface area contributed by atoms with E-state index in [1.165, 1.54) is 13.3 Å². The zero-order valence-electron chi connectivity index (χ0n) is 11.8. The predicted octanol–water partition coefficient (Wildman–Crippen LogP) is 1.46. The standard InChI is InChI=1S/C12H18N6O2/c1-9-10(15-8-7-14-9)12(2,11(19)20-3)16-5-4-6-17-18-13/h7-8,16H,4-6H2,1-3H3. The van der Waals surface area contributed by atoms with Crippen LogP contribution in [-0.4, -0.2) is 36.1 Å². The third kappa shape index (κ3) is 3.66. The van der Waals surface area contributed by atoms with Gasteiger partial charge in [0.15, 0.2) is 5.54 Å². The summed E-state index contributed by atoms with van der Waals surface area (Å²) in [5, 5.41) is 6.55. The van der Waals surface area contributed by atoms with Gasteiger partial charge in [0.25, 0.3) is 0 Å². The maximum atomic E-state index is 12.1. The lowest BCUT2D eigenvalue weighted by Gasteiger charge is -2.28. The van der Waals surface area contributed by atoms with Crippen molar-refractivity contribution in [3.05, 3.63) is 34.2 Å². The van der Waals surface area contributed by atoms with E-state index in [4.69, 9.17) is 10.3 Å². The van der Waals surface area contributed by atoms with Crippen molar-refractivity contribution in [2.75, 3.05) is 20.2 Å². The summed E-state index contributed by atoms with van der Waals surface area (Å²) in [5.41, 5.74) is 8.31. The zero-order valence-corrected chi connectivity index (χ0v) is 11.8. The van der Waals surface area contributed by atoms with Crippen molar-refractivity contribution in [1.82, 2.24) is 15.3 Å². The van der Waals surface area contributed by atoms with Gasteiger partial charge in [0.2, 0.25) is 0 Å². The second-order valence-corrected chi connectivity index (χ2v) is 4.34. The van der Waals surface area contributed by atoms with Gasteiger partial charge in [-0.25, -0.2) is 4.79 Å². The van der Waals surface area contributed by atoms with Gasteiger partial charge in [-0.2, -0.15) is 0 Å². The van der Waals surface area contributed by atoms with E-state index in [0.717, 1.165) is 0 Å². The first-order valence-corrected chi connectivity index (χ1v) is 6.18. The van der Waals surface area contributed by atoms with Crippen LogP contribution < -0.4 is 5.32 Å². The molecule has 0 fully saturated rings. The number of aryl methyl sites for hydroxylation is 1. The molecule has 0 aliphatic rings. The molecule has 0 radical (unpaired) electrons. The van der Waals surface area contributed by atoms with E-state index in [9.17, 15) is 4.79 Å². The van der Waals surface area contributed by atoms with E-state index in [0.29, 0.717) is 30.9 Å². The fourth-order valence-electron chi connectivity index (χ4n) is 1.89. The van der Waals surface area contributed by atoms with Crippen LogP contribution in [0, 0.1) is 6.92 Å². The van der Waals surface area contributed by atoms with Crippen LogP contribution in [-0.2, 0) is 15.1 Å². The normalized spacial score (nSPS) is 13.2. The Balaban J connectivity index is 2.90. The quantitative estimate of drug-likeness (QED) is 0.267. The first-order valence-electron chi connectivity index (χ1n) is 6.18. The summed E-state index contributed by atoms with van der Waals surface area (Å²) in [6.45, 7) is 4.33. The molecule has 1 aromatic heterocycles. The Kier molecular flexibility index (Phi) is 5.89. The summed E-state index contributed by atoms with van der Waals surface area (Å²) >= 11 is 0. The van der Waals surface area contributed by atoms with Gasteiger partial charge in [0.05, 0.1) is 18.5 Å². The first kappa shape index (κ1) is 15.9. The lowest BCUT2D eigenvalue weighted by molar-refractivity contribution is -0.148. The van der Waals surface area contributed by atoms with Gasteiger partial charge in [0, 0.05) is 23.9 Å². The number of nitrogens with one attached hydrogen (secondary N) is 1. The fraction of sp³-hybridized carbons (Fsp3) is 0.583. The number of hydrogen-bond donors (Lipinski definition) is 1. The lowest BCUT2D eigenvalue weighted by Crippen LogP contribution is -2.49. The van der Waals surface area contributed by atoms with Gasteiger partial charge in [-0.15, -0.1) is 0 Å². The number of aromatic nitrogens is 2. The minimum Gasteiger partial charge on any atom is -0.467 e. The number of ether oxygens (including phenoxy) is 1. The Hall–Kier alpha value is -2.18. The van der Waals surface area contributed by atoms with Gasteiger partial charge in [-0.3, -0.25) is 15.3 Å². The Labute approximate surface area is 117 Å². The summed E-state index contributed by atoms with van der Waals surface area (Å²) in [6.07, 6.45) is 3.71. The highest BCUT2D eigenvalue weighted by Crippen LogP contribution is 2.22. The van der Waals surface area contributed by atoms with Crippen molar-refractivity contribution >= 4 is 5.97 Å². The Morgan fingerprint density at radius 3 is 2.85 bits per heavy atom. The molecule has 8 nitrogen and oxygen atoms in total. The second kappa shape index (κ2) is 7.42. The summed E-state index contributed by atoms with van der Waals surface area (Å²) in [5.74, 6) is -0.440. The highest BCUT2D eigenvalue weighted by molar-refractivity contribution is 5.81. The van der Waals surface area contributed by atoms with E-state index < -0.39 is 11.5 Å². The average molecular weight is 278 g/mol. The number of carbonyl (C=O) groups excluding carboxylic acids is 1. The molecule has 1 aromatic rings. The average Bonchev–Trinajstić information content (AvgIpc) is 2.46. The monoisotopic (exact) mass is 278 g/mol. The van der Waals surface area contributed by atoms with Crippen molar-refractivity contribution in [3.63, 3.8) is 0 Å². The van der Waals surface area contributed by atoms with Gasteiger partial charge < -0.3 is 4.74 Å². The van der Waals surface area contributed by atoms with Crippen LogP contribution in [0.15, 0.2) is 17.5 Å². The molecular formula is C12H18N6O2. The van der Waals surface area contributed by atoms with Crippen LogP contribution in [0.3, 0.4) is 0 Å². The molecular weight excluding hydrogens is 260 g/mol. The van der Waals surface area contributed by atoms with Crippen LogP contribution in [0.5, 0.6) is 0 Å². The van der Waals surface area contributed by atoms with Gasteiger partial charge in [-0.1, -0.05) is 5.11 Å². The molecule has 8 heteroatoms. The number of rotatable bonds is 7. The molecule has 0 saturated carbocycles. The van der Waals surface area contributed by atoms with Crippen molar-refractivity contribution in [2.24, 2.45) is 5.11 Å². The smallest absolute Gasteiger partial charge is 0.332 e. The van der Waals surface area contributed by atoms with Crippen molar-refractivity contribution in [3.8, 4) is 0 Å². The molecule has 0 aliphatic heterocycles. The number of carbonyl (C=O) groups is 1. The maximum Gasteiger partial charge on any atom is 0.332 e. The van der Waals surface area contributed by atoms with E-state index in [-0.39, 0.29) is 0 Å². The maximum absolute atomic E-state index is 12.1. The zero-order chi connectivity index (χ0) is 15.0. The molecule has 0 aliphatic carbocycles. The highest BCUT2D eigenvalue weighted by atomic mass is 16.5. The third-order valence-electron chi connectivity index (χ3n) is 2.93. The Bertz CT molecular complexity index is 514. The van der Waals surface area contributed by atoms with Crippen LogP contribution in [0.2, 0.25) is 0 Å². The van der Waals surface area contributed by atoms with Gasteiger partial charge in [-0.05, 0) is 32.3 Å². The molecule has 108 valence electrons. The predicted molar refractivity (Wildman–Crippen MR) is 72.8 cm³/mol. The van der Waals surface area contributed by atoms with Crippen LogP contribution in [0.4, 0.5) is 0 Å². The highest BCUT2D eigenvalue weighted by Gasteiger charge is 2.38. The molecule has 0 aromatic carbocycles. The molecule has 0 spiro atoms. The molecule has 0 amide bonds. The summed E-state index contributed by atoms with van der Waals surface area (Å²) in [6, 6.07) is 0. The molecule has 1 heterocycles. The summed E-state index contributed by atoms with van der Waals surface area (Å²) < 4.78 is 4.85. The van der Waals surface area contributed by atoms with Crippen molar-refractivity contribution < 1.29 is 9.53 Å². The van der Waals surface area contributed by atoms with Crippen LogP contribution in [0.1, 0.15) is 24.7 Å². The number of nitrogens with zero attached hydrogens (tertiary/aromatic N) is 5. The van der Waals surface area contributed by atoms with E-state index in [1.54, 1.807) is 20.0 Å². The van der Waals surface area contributed by atoms with Gasteiger partial charge >= 0.3 is 5.97 Å². The number of azide groups is 1. The Morgan fingerprint density at radius 1 is 1.55 bits per heavy atom. The molecule has 1 atom stereocenters. The molecule has 1 unspecified atom stereocenters. The number of methoxy groups -OCH3 is 1. The SMILES string of the molecule is COC(=O)C(C)(NCCCN=[N+]=[N-])c1nccnc1C. The van der Waals surface area contributed by atoms with Gasteiger partial charge in [0.1, 0.15) is 0 Å². The second-order valence-electron chi connectivity index (χ2n) is 4.34.